The Balaban J connectivity index is 0.000000303. The number of nitrogens with one attached hydrogen (secondary N) is 3. The Morgan fingerprint density at radius 2 is 1.44 bits per heavy atom. The molecule has 0 atom stereocenters. The van der Waals surface area contributed by atoms with Crippen molar-refractivity contribution in [1.82, 2.24) is 15.3 Å². The Morgan fingerprint density at radius 3 is 2.02 bits per heavy atom. The molecule has 1 heterocycles. The van der Waals surface area contributed by atoms with Crippen molar-refractivity contribution in [3.63, 3.8) is 0 Å². The highest BCUT2D eigenvalue weighted by Gasteiger charge is 2.38. The molecule has 1 aromatic heterocycles. The van der Waals surface area contributed by atoms with Gasteiger partial charge in [-0.15, -0.1) is 0 Å². The average Bonchev–Trinajstić information content (AvgIpc) is 2.90. The zero-order valence-electron chi connectivity index (χ0n) is 24.5. The van der Waals surface area contributed by atoms with Crippen LogP contribution in [0.25, 0.3) is 0 Å². The standard InChI is InChI=1S/C22H28N4O2Si.C8H7F3N2O/c1-22(2,3)29(4,5)28-19-12-8-17(9-13-19)26-20-14-21(25-15-24-20)27-18-10-6-16(23)7-11-18;9-8(10,11)13-7(14)12-6-4-2-1-3-5-6/h6-15H,23H2,1-5H3,(H,24,25,26);1-5H,(H2,12,13,14). The second-order valence-corrected chi connectivity index (χ2v) is 15.6. The number of nitrogens with zero attached hydrogens (tertiary/aromatic N) is 2. The van der Waals surface area contributed by atoms with Crippen molar-refractivity contribution in [2.75, 3.05) is 16.4 Å². The molecule has 0 radical (unpaired) electrons. The molecule has 0 aliphatic carbocycles. The topological polar surface area (TPSA) is 123 Å². The van der Waals surface area contributed by atoms with E-state index in [1.165, 1.54) is 18.5 Å². The number of halogens is 3. The van der Waals surface area contributed by atoms with Crippen LogP contribution in [0.5, 0.6) is 17.4 Å². The predicted molar refractivity (Wildman–Crippen MR) is 165 cm³/mol. The average molecular weight is 613 g/mol. The number of benzene rings is 3. The molecule has 228 valence electrons. The third-order valence-corrected chi connectivity index (χ3v) is 10.7. The summed E-state index contributed by atoms with van der Waals surface area (Å²) in [4.78, 5) is 19.1. The lowest BCUT2D eigenvalue weighted by atomic mass is 10.2. The first-order valence-electron chi connectivity index (χ1n) is 13.2. The first-order valence-corrected chi connectivity index (χ1v) is 16.1. The van der Waals surface area contributed by atoms with Gasteiger partial charge in [0.15, 0.2) is 0 Å². The maximum atomic E-state index is 11.6. The molecule has 2 amide bonds. The third kappa shape index (κ3) is 11.2. The molecule has 0 spiro atoms. The van der Waals surface area contributed by atoms with Crippen molar-refractivity contribution in [2.45, 2.75) is 45.2 Å². The number of nitrogen functional groups attached to an aromatic ring is 1. The van der Waals surface area contributed by atoms with Crippen molar-refractivity contribution >= 4 is 37.2 Å². The quantitative estimate of drug-likeness (QED) is 0.0940. The van der Waals surface area contributed by atoms with Crippen LogP contribution in [0.15, 0.2) is 91.3 Å². The number of hydrogen-bond donors (Lipinski definition) is 4. The number of carbonyl (C=O) groups excluding carboxylic acids is 1. The number of ether oxygens (including phenoxy) is 1. The van der Waals surface area contributed by atoms with Gasteiger partial charge in [-0.05, 0) is 78.8 Å². The van der Waals surface area contributed by atoms with Crippen molar-refractivity contribution in [2.24, 2.45) is 0 Å². The maximum Gasteiger partial charge on any atom is 0.485 e. The first-order chi connectivity index (χ1) is 20.1. The van der Waals surface area contributed by atoms with E-state index in [9.17, 15) is 18.0 Å². The molecule has 13 heteroatoms. The smallest absolute Gasteiger partial charge is 0.485 e. The number of rotatable bonds is 7. The molecule has 0 fully saturated rings. The summed E-state index contributed by atoms with van der Waals surface area (Å²) in [5.74, 6) is 2.64. The van der Waals surface area contributed by atoms with E-state index >= 15 is 0 Å². The van der Waals surface area contributed by atoms with Gasteiger partial charge in [-0.3, -0.25) is 0 Å². The number of urea groups is 1. The maximum absolute atomic E-state index is 11.6. The largest absolute Gasteiger partial charge is 0.544 e. The second-order valence-electron chi connectivity index (χ2n) is 10.9. The van der Waals surface area contributed by atoms with Gasteiger partial charge in [0.1, 0.15) is 23.6 Å². The lowest BCUT2D eigenvalue weighted by Crippen LogP contribution is -2.43. The molecule has 0 aliphatic heterocycles. The van der Waals surface area contributed by atoms with E-state index in [0.29, 0.717) is 28.8 Å². The van der Waals surface area contributed by atoms with Crippen molar-refractivity contribution in [3.8, 4) is 17.4 Å². The normalized spacial score (nSPS) is 11.4. The van der Waals surface area contributed by atoms with Crippen LogP contribution in [0.3, 0.4) is 0 Å². The van der Waals surface area contributed by atoms with Gasteiger partial charge < -0.3 is 25.5 Å². The molecule has 0 unspecified atom stereocenters. The van der Waals surface area contributed by atoms with Crippen LogP contribution in [-0.2, 0) is 0 Å². The summed E-state index contributed by atoms with van der Waals surface area (Å²) in [7, 11) is -1.85. The summed E-state index contributed by atoms with van der Waals surface area (Å²) in [6, 6.07) is 23.4. The van der Waals surface area contributed by atoms with E-state index in [2.05, 4.69) is 49.1 Å². The Hall–Kier alpha value is -4.78. The fourth-order valence-corrected chi connectivity index (χ4v) is 4.17. The van der Waals surface area contributed by atoms with E-state index < -0.39 is 20.6 Å². The third-order valence-electron chi connectivity index (χ3n) is 6.34. The Labute approximate surface area is 249 Å². The number of carbonyl (C=O) groups is 1. The van der Waals surface area contributed by atoms with Gasteiger partial charge in [0, 0.05) is 23.1 Å². The van der Waals surface area contributed by atoms with Gasteiger partial charge in [-0.25, -0.2) is 20.1 Å². The van der Waals surface area contributed by atoms with Crippen LogP contribution in [0.2, 0.25) is 18.1 Å². The number of amides is 2. The Morgan fingerprint density at radius 1 is 0.837 bits per heavy atom. The number of hydrogen-bond acceptors (Lipinski definition) is 7. The van der Waals surface area contributed by atoms with Gasteiger partial charge in [0.2, 0.25) is 14.2 Å². The molecule has 9 nitrogen and oxygen atoms in total. The molecule has 0 saturated carbocycles. The minimum absolute atomic E-state index is 0.158. The van der Waals surface area contributed by atoms with Gasteiger partial charge in [-0.2, -0.15) is 13.2 Å². The van der Waals surface area contributed by atoms with E-state index in [4.69, 9.17) is 14.9 Å². The first kappa shape index (κ1) is 32.7. The number of para-hydroxylation sites is 1. The number of anilines is 4. The highest BCUT2D eigenvalue weighted by atomic mass is 28.4. The zero-order valence-corrected chi connectivity index (χ0v) is 25.5. The van der Waals surface area contributed by atoms with Crippen LogP contribution in [0, 0.1) is 0 Å². The van der Waals surface area contributed by atoms with Gasteiger partial charge in [0.05, 0.1) is 0 Å². The Kier molecular flexibility index (Phi) is 10.6. The molecule has 0 saturated heterocycles. The SMILES string of the molecule is CC(C)(C)[Si](C)(C)Oc1ccc(Nc2cc(Oc3ccc(N)cc3)ncn2)cc1.O=C(Nc1ccccc1)NC(F)(F)F. The Bertz CT molecular complexity index is 1460. The summed E-state index contributed by atoms with van der Waals surface area (Å²) in [6.45, 7) is 11.2. The second kappa shape index (κ2) is 13.9. The van der Waals surface area contributed by atoms with E-state index in [1.54, 1.807) is 48.5 Å². The van der Waals surface area contributed by atoms with E-state index in [-0.39, 0.29) is 5.04 Å². The van der Waals surface area contributed by atoms with Crippen molar-refractivity contribution in [1.29, 1.82) is 0 Å². The summed E-state index contributed by atoms with van der Waals surface area (Å²) in [5.41, 5.74) is 7.59. The van der Waals surface area contributed by atoms with E-state index in [1.807, 2.05) is 29.6 Å². The summed E-state index contributed by atoms with van der Waals surface area (Å²) in [6.07, 6.45) is -3.25. The monoisotopic (exact) mass is 612 g/mol. The molecule has 3 aromatic carbocycles. The van der Waals surface area contributed by atoms with Gasteiger partial charge >= 0.3 is 12.3 Å². The summed E-state index contributed by atoms with van der Waals surface area (Å²) >= 11 is 0. The molecule has 4 rings (SSSR count). The lowest BCUT2D eigenvalue weighted by molar-refractivity contribution is -0.144. The predicted octanol–water partition coefficient (Wildman–Crippen LogP) is 8.31. The van der Waals surface area contributed by atoms with Crippen molar-refractivity contribution < 1.29 is 27.1 Å². The molecule has 0 aliphatic rings. The van der Waals surface area contributed by atoms with E-state index in [0.717, 1.165) is 16.8 Å². The highest BCUT2D eigenvalue weighted by molar-refractivity contribution is 6.74. The van der Waals surface area contributed by atoms with Gasteiger partial charge in [0.25, 0.3) is 0 Å². The number of alkyl halides is 3. The summed E-state index contributed by atoms with van der Waals surface area (Å²) in [5, 5.41) is 6.27. The zero-order chi connectivity index (χ0) is 31.7. The van der Waals surface area contributed by atoms with Crippen LogP contribution < -0.4 is 30.8 Å². The van der Waals surface area contributed by atoms with Crippen LogP contribution in [-0.4, -0.2) is 30.6 Å². The minimum Gasteiger partial charge on any atom is -0.544 e. The van der Waals surface area contributed by atoms with Gasteiger partial charge in [-0.1, -0.05) is 39.0 Å². The fraction of sp³-hybridized carbons (Fsp3) is 0.233. The van der Waals surface area contributed by atoms with Crippen LogP contribution in [0.4, 0.5) is 40.8 Å². The molecular formula is C30H35F3N6O3Si. The van der Waals surface area contributed by atoms with Crippen LogP contribution in [0.1, 0.15) is 20.8 Å². The molecule has 43 heavy (non-hydrogen) atoms. The molecular weight excluding hydrogens is 577 g/mol. The minimum atomic E-state index is -4.71. The van der Waals surface area contributed by atoms with Crippen LogP contribution >= 0.6 is 0 Å². The molecule has 0 bridgehead atoms. The fourth-order valence-electron chi connectivity index (χ4n) is 3.13. The van der Waals surface area contributed by atoms with Crippen molar-refractivity contribution in [3.05, 3.63) is 91.3 Å². The number of aromatic nitrogens is 2. The molecule has 4 aromatic rings. The lowest BCUT2D eigenvalue weighted by Gasteiger charge is -2.36. The highest BCUT2D eigenvalue weighted by Crippen LogP contribution is 2.37. The molecule has 5 N–H and O–H groups in total. The summed E-state index contributed by atoms with van der Waals surface area (Å²) < 4.78 is 47.0. The number of nitrogens with two attached hydrogens (primary N) is 1.